The van der Waals surface area contributed by atoms with Crippen LogP contribution >= 0.6 is 0 Å². The van der Waals surface area contributed by atoms with Gasteiger partial charge in [0, 0.05) is 31.2 Å². The molecule has 1 amide bonds. The molecule has 4 rings (SSSR count). The third-order valence-electron chi connectivity index (χ3n) is 6.60. The largest absolute Gasteiger partial charge is 0.382 e. The molecule has 7 nitrogen and oxygen atoms in total. The van der Waals surface area contributed by atoms with Crippen LogP contribution in [0.5, 0.6) is 0 Å². The lowest BCUT2D eigenvalue weighted by atomic mass is 9.94. The number of rotatable bonds is 5. The summed E-state index contributed by atoms with van der Waals surface area (Å²) in [5.41, 5.74) is 14.5. The summed E-state index contributed by atoms with van der Waals surface area (Å²) in [6.45, 7) is 7.13. The van der Waals surface area contributed by atoms with Gasteiger partial charge in [-0.15, -0.1) is 0 Å². The highest BCUT2D eigenvalue weighted by molar-refractivity contribution is 5.98. The van der Waals surface area contributed by atoms with Gasteiger partial charge in [-0.25, -0.2) is 0 Å². The van der Waals surface area contributed by atoms with E-state index in [2.05, 4.69) is 51.2 Å². The van der Waals surface area contributed by atoms with Crippen molar-refractivity contribution in [2.75, 3.05) is 36.8 Å². The van der Waals surface area contributed by atoms with Crippen LogP contribution in [0.25, 0.3) is 0 Å². The maximum Gasteiger partial charge on any atom is 0.254 e. The molecule has 0 aliphatic carbocycles. The normalized spacial score (nSPS) is 19.6. The number of carbonyl (C=O) groups is 1. The van der Waals surface area contributed by atoms with Crippen LogP contribution in [0, 0.1) is 5.92 Å². The van der Waals surface area contributed by atoms with Crippen LogP contribution in [-0.4, -0.2) is 53.2 Å². The summed E-state index contributed by atoms with van der Waals surface area (Å²) in [4.78, 5) is 16.8. The van der Waals surface area contributed by atoms with Crippen molar-refractivity contribution in [1.82, 2.24) is 15.1 Å². The van der Waals surface area contributed by atoms with E-state index >= 15 is 0 Å². The number of piperidine rings is 2. The standard InChI is InChI=1S/C22H32N6O/c1-15-6-10-27(11-7-15)18-8-12-28(13-9-18)17-4-2-16(3-5-17)14-19-20(22(24)29)21(23)26-25-19/h2-5,15,18H,6-14H2,1H3,(H2,24,29)(H3,23,25,26). The van der Waals surface area contributed by atoms with E-state index in [1.54, 1.807) is 0 Å². The van der Waals surface area contributed by atoms with Crippen molar-refractivity contribution in [2.24, 2.45) is 11.7 Å². The molecule has 1 aromatic heterocycles. The summed E-state index contributed by atoms with van der Waals surface area (Å²) in [6, 6.07) is 9.30. The predicted octanol–water partition coefficient (Wildman–Crippen LogP) is 2.38. The number of aromatic amines is 1. The first-order valence-electron chi connectivity index (χ1n) is 10.7. The van der Waals surface area contributed by atoms with Crippen LogP contribution in [0.3, 0.4) is 0 Å². The molecule has 0 unspecified atom stereocenters. The van der Waals surface area contributed by atoms with E-state index in [1.807, 2.05) is 0 Å². The van der Waals surface area contributed by atoms with Gasteiger partial charge in [-0.3, -0.25) is 9.89 Å². The van der Waals surface area contributed by atoms with E-state index in [4.69, 9.17) is 11.5 Å². The maximum absolute atomic E-state index is 11.6. The fourth-order valence-corrected chi connectivity index (χ4v) is 4.71. The second-order valence-electron chi connectivity index (χ2n) is 8.61. The molecule has 2 fully saturated rings. The number of benzene rings is 1. The number of nitrogens with two attached hydrogens (primary N) is 2. The highest BCUT2D eigenvalue weighted by Gasteiger charge is 2.27. The van der Waals surface area contributed by atoms with Crippen LogP contribution in [0.15, 0.2) is 24.3 Å². The number of carbonyl (C=O) groups excluding carboxylic acids is 1. The summed E-state index contributed by atoms with van der Waals surface area (Å²) in [5, 5.41) is 6.74. The molecular weight excluding hydrogens is 364 g/mol. The van der Waals surface area contributed by atoms with Gasteiger partial charge >= 0.3 is 0 Å². The summed E-state index contributed by atoms with van der Waals surface area (Å²) < 4.78 is 0. The number of nitrogens with zero attached hydrogens (tertiary/aromatic N) is 3. The van der Waals surface area contributed by atoms with Gasteiger partial charge in [-0.2, -0.15) is 5.10 Å². The molecule has 0 spiro atoms. The van der Waals surface area contributed by atoms with E-state index in [9.17, 15) is 4.79 Å². The first-order chi connectivity index (χ1) is 14.0. The summed E-state index contributed by atoms with van der Waals surface area (Å²) in [7, 11) is 0. The zero-order chi connectivity index (χ0) is 20.4. The van der Waals surface area contributed by atoms with Gasteiger partial charge in [-0.1, -0.05) is 19.1 Å². The minimum absolute atomic E-state index is 0.162. The summed E-state index contributed by atoms with van der Waals surface area (Å²) in [5.74, 6) is 0.506. The van der Waals surface area contributed by atoms with Gasteiger partial charge in [0.2, 0.25) is 0 Å². The Morgan fingerprint density at radius 1 is 1.10 bits per heavy atom. The van der Waals surface area contributed by atoms with Crippen molar-refractivity contribution in [3.05, 3.63) is 41.1 Å². The fourth-order valence-electron chi connectivity index (χ4n) is 4.71. The highest BCUT2D eigenvalue weighted by atomic mass is 16.1. The molecule has 29 heavy (non-hydrogen) atoms. The molecule has 2 aliphatic heterocycles. The Morgan fingerprint density at radius 3 is 2.38 bits per heavy atom. The monoisotopic (exact) mass is 396 g/mol. The minimum atomic E-state index is -0.547. The van der Waals surface area contributed by atoms with Crippen molar-refractivity contribution in [3.63, 3.8) is 0 Å². The number of H-pyrrole nitrogens is 1. The van der Waals surface area contributed by atoms with E-state index in [0.29, 0.717) is 17.7 Å². The van der Waals surface area contributed by atoms with E-state index in [0.717, 1.165) is 30.6 Å². The van der Waals surface area contributed by atoms with Crippen molar-refractivity contribution in [2.45, 2.75) is 45.1 Å². The third kappa shape index (κ3) is 4.40. The van der Waals surface area contributed by atoms with E-state index < -0.39 is 5.91 Å². The number of likely N-dealkylation sites (tertiary alicyclic amines) is 1. The molecule has 2 saturated heterocycles. The predicted molar refractivity (Wildman–Crippen MR) is 116 cm³/mol. The van der Waals surface area contributed by atoms with Crippen molar-refractivity contribution in [1.29, 1.82) is 0 Å². The molecular formula is C22H32N6O. The Hall–Kier alpha value is -2.54. The van der Waals surface area contributed by atoms with Gasteiger partial charge < -0.3 is 21.3 Å². The van der Waals surface area contributed by atoms with E-state index in [1.165, 1.54) is 44.5 Å². The van der Waals surface area contributed by atoms with Gasteiger partial charge in [0.1, 0.15) is 5.56 Å². The van der Waals surface area contributed by atoms with Crippen LogP contribution < -0.4 is 16.4 Å². The Kier molecular flexibility index (Phi) is 5.76. The number of anilines is 2. The quantitative estimate of drug-likeness (QED) is 0.720. The second-order valence-corrected chi connectivity index (χ2v) is 8.61. The van der Waals surface area contributed by atoms with Crippen LogP contribution in [0.4, 0.5) is 11.5 Å². The van der Waals surface area contributed by atoms with Gasteiger partial charge in [0.25, 0.3) is 5.91 Å². The number of aromatic nitrogens is 2. The number of nitrogens with one attached hydrogen (secondary N) is 1. The summed E-state index contributed by atoms with van der Waals surface area (Å²) >= 11 is 0. The van der Waals surface area contributed by atoms with Gasteiger partial charge in [0.05, 0.1) is 5.69 Å². The fraction of sp³-hybridized carbons (Fsp3) is 0.545. The van der Waals surface area contributed by atoms with Crippen LogP contribution in [0.1, 0.15) is 54.2 Å². The number of amides is 1. The molecule has 7 heteroatoms. The van der Waals surface area contributed by atoms with Crippen LogP contribution in [-0.2, 0) is 6.42 Å². The lowest BCUT2D eigenvalue weighted by molar-refractivity contribution is 0.100. The lowest BCUT2D eigenvalue weighted by Gasteiger charge is -2.42. The summed E-state index contributed by atoms with van der Waals surface area (Å²) in [6.07, 6.45) is 5.73. The molecule has 2 aromatic rings. The molecule has 0 radical (unpaired) electrons. The smallest absolute Gasteiger partial charge is 0.254 e. The Morgan fingerprint density at radius 2 is 1.76 bits per heavy atom. The third-order valence-corrected chi connectivity index (χ3v) is 6.60. The van der Waals surface area contributed by atoms with Crippen molar-refractivity contribution >= 4 is 17.4 Å². The molecule has 0 atom stereocenters. The number of nitrogen functional groups attached to an aromatic ring is 1. The highest BCUT2D eigenvalue weighted by Crippen LogP contribution is 2.27. The van der Waals surface area contributed by atoms with Gasteiger partial charge in [-0.05, 0) is 62.4 Å². The zero-order valence-corrected chi connectivity index (χ0v) is 17.2. The number of primary amides is 1. The van der Waals surface area contributed by atoms with Crippen LogP contribution in [0.2, 0.25) is 0 Å². The molecule has 2 aliphatic rings. The average molecular weight is 397 g/mol. The zero-order valence-electron chi connectivity index (χ0n) is 17.2. The number of hydrogen-bond donors (Lipinski definition) is 3. The van der Waals surface area contributed by atoms with Gasteiger partial charge in [0.15, 0.2) is 5.82 Å². The van der Waals surface area contributed by atoms with Crippen molar-refractivity contribution in [3.8, 4) is 0 Å². The Labute approximate surface area is 172 Å². The van der Waals surface area contributed by atoms with E-state index in [-0.39, 0.29) is 5.82 Å². The first kappa shape index (κ1) is 19.8. The number of hydrogen-bond acceptors (Lipinski definition) is 5. The molecule has 0 saturated carbocycles. The molecule has 5 N–H and O–H groups in total. The molecule has 0 bridgehead atoms. The maximum atomic E-state index is 11.6. The topological polar surface area (TPSA) is 104 Å². The molecule has 1 aromatic carbocycles. The second kappa shape index (κ2) is 8.45. The minimum Gasteiger partial charge on any atom is -0.382 e. The Balaban J connectivity index is 1.34. The average Bonchev–Trinajstić information content (AvgIpc) is 3.09. The first-order valence-corrected chi connectivity index (χ1v) is 10.7. The Bertz CT molecular complexity index is 829. The van der Waals surface area contributed by atoms with Crippen molar-refractivity contribution < 1.29 is 4.79 Å². The molecule has 156 valence electrons. The lowest BCUT2D eigenvalue weighted by Crippen LogP contribution is -2.47. The SMILES string of the molecule is CC1CCN(C2CCN(c3ccc(Cc4[nH]nc(N)c4C(N)=O)cc3)CC2)CC1. The molecule has 3 heterocycles.